The van der Waals surface area contributed by atoms with Gasteiger partial charge in [-0.3, -0.25) is 4.79 Å². The summed E-state index contributed by atoms with van der Waals surface area (Å²) in [5, 5.41) is 11.4. The number of carboxylic acid groups (broad SMARTS) is 1. The van der Waals surface area contributed by atoms with Crippen LogP contribution in [0.4, 0.5) is 10.3 Å². The van der Waals surface area contributed by atoms with Crippen molar-refractivity contribution in [1.29, 1.82) is 0 Å². The number of hydrogen-bond donors (Lipinski definition) is 2. The molecule has 7 heteroatoms. The van der Waals surface area contributed by atoms with E-state index in [0.29, 0.717) is 0 Å². The van der Waals surface area contributed by atoms with Crippen molar-refractivity contribution in [2.24, 2.45) is 5.41 Å². The molecule has 18 heavy (non-hydrogen) atoms. The molecule has 0 saturated carbocycles. The number of aliphatic carboxylic acids is 1. The Labute approximate surface area is 109 Å². The van der Waals surface area contributed by atoms with E-state index in [4.69, 9.17) is 16.7 Å². The van der Waals surface area contributed by atoms with E-state index in [2.05, 4.69) is 15.3 Å². The summed E-state index contributed by atoms with van der Waals surface area (Å²) in [4.78, 5) is 18.2. The monoisotopic (exact) mass is 275 g/mol. The van der Waals surface area contributed by atoms with Gasteiger partial charge in [-0.05, 0) is 5.41 Å². The molecule has 1 aromatic rings. The summed E-state index contributed by atoms with van der Waals surface area (Å²) in [6.45, 7) is 5.66. The van der Waals surface area contributed by atoms with Crippen LogP contribution in [0.15, 0.2) is 6.20 Å². The maximum atomic E-state index is 12.9. The molecular weight excluding hydrogens is 261 g/mol. The van der Waals surface area contributed by atoms with E-state index in [-0.39, 0.29) is 22.9 Å². The van der Waals surface area contributed by atoms with Crippen LogP contribution in [0.5, 0.6) is 0 Å². The Morgan fingerprint density at radius 1 is 1.61 bits per heavy atom. The largest absolute Gasteiger partial charge is 0.481 e. The summed E-state index contributed by atoms with van der Waals surface area (Å²) in [5.74, 6) is -1.54. The lowest BCUT2D eigenvalue weighted by Gasteiger charge is -2.30. The average molecular weight is 276 g/mol. The van der Waals surface area contributed by atoms with Gasteiger partial charge in [0.05, 0.1) is 12.6 Å². The fraction of sp³-hybridized carbons (Fsp3) is 0.545. The van der Waals surface area contributed by atoms with Crippen LogP contribution < -0.4 is 5.32 Å². The van der Waals surface area contributed by atoms with Crippen LogP contribution in [0, 0.1) is 11.2 Å². The summed E-state index contributed by atoms with van der Waals surface area (Å²) in [7, 11) is 0. The number of anilines is 1. The SMILES string of the molecule is CC(C)(C)[C@@H](CC(=O)O)Nc1ncc(F)c(Cl)n1. The Kier molecular flexibility index (Phi) is 4.45. The van der Waals surface area contributed by atoms with E-state index < -0.39 is 17.8 Å². The predicted octanol–water partition coefficient (Wildman–Crippen LogP) is 2.57. The van der Waals surface area contributed by atoms with Gasteiger partial charge in [-0.1, -0.05) is 32.4 Å². The van der Waals surface area contributed by atoms with Crippen LogP contribution in [0.2, 0.25) is 5.15 Å². The minimum Gasteiger partial charge on any atom is -0.481 e. The number of carbonyl (C=O) groups is 1. The Balaban J connectivity index is 2.89. The van der Waals surface area contributed by atoms with Gasteiger partial charge in [0, 0.05) is 6.04 Å². The average Bonchev–Trinajstić information content (AvgIpc) is 2.20. The molecule has 1 rings (SSSR count). The smallest absolute Gasteiger partial charge is 0.305 e. The second-order valence-electron chi connectivity index (χ2n) is 4.99. The molecule has 0 radical (unpaired) electrons. The first-order valence-corrected chi connectivity index (χ1v) is 5.74. The van der Waals surface area contributed by atoms with Crippen molar-refractivity contribution < 1.29 is 14.3 Å². The van der Waals surface area contributed by atoms with E-state index in [9.17, 15) is 9.18 Å². The maximum Gasteiger partial charge on any atom is 0.305 e. The molecule has 0 unspecified atom stereocenters. The number of halogens is 2. The molecule has 0 aliphatic heterocycles. The number of rotatable bonds is 4. The Bertz CT molecular complexity index is 448. The van der Waals surface area contributed by atoms with Crippen molar-refractivity contribution in [3.8, 4) is 0 Å². The molecule has 0 saturated heterocycles. The summed E-state index contributed by atoms with van der Waals surface area (Å²) >= 11 is 5.53. The highest BCUT2D eigenvalue weighted by molar-refractivity contribution is 6.29. The standard InChI is InChI=1S/C11H15ClFN3O2/c1-11(2,3)7(4-8(17)18)15-10-14-5-6(13)9(12)16-10/h5,7H,4H2,1-3H3,(H,17,18)(H,14,15,16)/t7-/m1/s1. The van der Waals surface area contributed by atoms with Gasteiger partial charge < -0.3 is 10.4 Å². The highest BCUT2D eigenvalue weighted by Gasteiger charge is 2.27. The van der Waals surface area contributed by atoms with Gasteiger partial charge in [-0.25, -0.2) is 9.37 Å². The van der Waals surface area contributed by atoms with Crippen LogP contribution in [0.25, 0.3) is 0 Å². The van der Waals surface area contributed by atoms with E-state index in [0.717, 1.165) is 6.20 Å². The fourth-order valence-electron chi connectivity index (χ4n) is 1.32. The Hall–Kier alpha value is -1.43. The lowest BCUT2D eigenvalue weighted by molar-refractivity contribution is -0.137. The number of hydrogen-bond acceptors (Lipinski definition) is 4. The molecule has 1 aromatic heterocycles. The lowest BCUT2D eigenvalue weighted by Crippen LogP contribution is -2.36. The van der Waals surface area contributed by atoms with E-state index in [1.54, 1.807) is 0 Å². The van der Waals surface area contributed by atoms with Crippen LogP contribution in [-0.2, 0) is 4.79 Å². The van der Waals surface area contributed by atoms with Crippen LogP contribution in [0.3, 0.4) is 0 Å². The lowest BCUT2D eigenvalue weighted by atomic mass is 9.85. The van der Waals surface area contributed by atoms with Gasteiger partial charge in [-0.15, -0.1) is 0 Å². The Morgan fingerprint density at radius 2 is 2.22 bits per heavy atom. The van der Waals surface area contributed by atoms with E-state index in [1.165, 1.54) is 0 Å². The zero-order valence-corrected chi connectivity index (χ0v) is 11.1. The third-order valence-electron chi connectivity index (χ3n) is 2.43. The highest BCUT2D eigenvalue weighted by atomic mass is 35.5. The van der Waals surface area contributed by atoms with Crippen LogP contribution in [0.1, 0.15) is 27.2 Å². The molecular formula is C11H15ClFN3O2. The highest BCUT2D eigenvalue weighted by Crippen LogP contribution is 2.25. The molecule has 100 valence electrons. The molecule has 2 N–H and O–H groups in total. The normalized spacial score (nSPS) is 13.2. The minimum absolute atomic E-state index is 0.0954. The third kappa shape index (κ3) is 4.10. The first kappa shape index (κ1) is 14.6. The van der Waals surface area contributed by atoms with Crippen LogP contribution in [-0.4, -0.2) is 27.1 Å². The first-order valence-electron chi connectivity index (χ1n) is 5.36. The van der Waals surface area contributed by atoms with Crippen molar-refractivity contribution in [3.05, 3.63) is 17.2 Å². The fourth-order valence-corrected chi connectivity index (χ4v) is 1.45. The Morgan fingerprint density at radius 3 is 2.67 bits per heavy atom. The molecule has 0 fully saturated rings. The second kappa shape index (κ2) is 5.48. The molecule has 0 amide bonds. The molecule has 0 aliphatic carbocycles. The third-order valence-corrected chi connectivity index (χ3v) is 2.69. The second-order valence-corrected chi connectivity index (χ2v) is 5.35. The van der Waals surface area contributed by atoms with E-state index in [1.807, 2.05) is 20.8 Å². The van der Waals surface area contributed by atoms with Gasteiger partial charge in [-0.2, -0.15) is 4.98 Å². The minimum atomic E-state index is -0.935. The number of carboxylic acids is 1. The van der Waals surface area contributed by atoms with Gasteiger partial charge in [0.15, 0.2) is 11.0 Å². The molecule has 0 spiro atoms. The van der Waals surface area contributed by atoms with E-state index >= 15 is 0 Å². The zero-order chi connectivity index (χ0) is 13.9. The molecule has 1 atom stereocenters. The quantitative estimate of drug-likeness (QED) is 0.826. The molecule has 1 heterocycles. The molecule has 5 nitrogen and oxygen atoms in total. The molecule has 0 aromatic carbocycles. The maximum absolute atomic E-state index is 12.9. The topological polar surface area (TPSA) is 75.1 Å². The van der Waals surface area contributed by atoms with Gasteiger partial charge >= 0.3 is 5.97 Å². The number of nitrogens with zero attached hydrogens (tertiary/aromatic N) is 2. The summed E-state index contributed by atoms with van der Waals surface area (Å²) in [6.07, 6.45) is 0.847. The molecule has 0 aliphatic rings. The van der Waals surface area contributed by atoms with Crippen LogP contribution >= 0.6 is 11.6 Å². The summed E-state index contributed by atoms with van der Waals surface area (Å²) < 4.78 is 12.9. The number of aromatic nitrogens is 2. The molecule has 0 bridgehead atoms. The van der Waals surface area contributed by atoms with Crippen molar-refractivity contribution in [1.82, 2.24) is 9.97 Å². The van der Waals surface area contributed by atoms with Gasteiger partial charge in [0.2, 0.25) is 5.95 Å². The predicted molar refractivity (Wildman–Crippen MR) is 66.1 cm³/mol. The van der Waals surface area contributed by atoms with Crippen molar-refractivity contribution in [2.45, 2.75) is 33.2 Å². The van der Waals surface area contributed by atoms with Crippen molar-refractivity contribution >= 4 is 23.5 Å². The van der Waals surface area contributed by atoms with Gasteiger partial charge in [0.1, 0.15) is 0 Å². The zero-order valence-electron chi connectivity index (χ0n) is 10.4. The number of nitrogens with one attached hydrogen (secondary N) is 1. The van der Waals surface area contributed by atoms with Crippen molar-refractivity contribution in [3.63, 3.8) is 0 Å². The summed E-state index contributed by atoms with van der Waals surface area (Å²) in [6, 6.07) is -0.392. The van der Waals surface area contributed by atoms with Crippen molar-refractivity contribution in [2.75, 3.05) is 5.32 Å². The van der Waals surface area contributed by atoms with Gasteiger partial charge in [0.25, 0.3) is 0 Å². The first-order chi connectivity index (χ1) is 8.20. The summed E-state index contributed by atoms with van der Waals surface area (Å²) in [5.41, 5.74) is -0.317.